The van der Waals surface area contributed by atoms with Crippen LogP contribution in [0.1, 0.15) is 13.8 Å². The first-order valence-electron chi connectivity index (χ1n) is 5.93. The molecule has 0 aliphatic carbocycles. The molecular formula is C16H18O4. The number of carboxylic acid groups (broad SMARTS) is 2. The third kappa shape index (κ3) is 10.5. The van der Waals surface area contributed by atoms with Gasteiger partial charge in [0.15, 0.2) is 0 Å². The first kappa shape index (κ1) is 17.4. The molecule has 2 aromatic rings. The van der Waals surface area contributed by atoms with Gasteiger partial charge in [-0.2, -0.15) is 0 Å². The Morgan fingerprint density at radius 1 is 0.650 bits per heavy atom. The van der Waals surface area contributed by atoms with E-state index in [-0.39, 0.29) is 0 Å². The molecule has 0 saturated heterocycles. The second-order valence-corrected chi connectivity index (χ2v) is 3.77. The van der Waals surface area contributed by atoms with Gasteiger partial charge in [-0.3, -0.25) is 9.59 Å². The SMILES string of the molecule is CC(=O)O.CC(=O)O.c1ccc(-c2ccccc2)cc1. The zero-order valence-corrected chi connectivity index (χ0v) is 11.5. The fraction of sp³-hybridized carbons (Fsp3) is 0.125. The van der Waals surface area contributed by atoms with Gasteiger partial charge >= 0.3 is 0 Å². The minimum absolute atomic E-state index is 0.833. The lowest BCUT2D eigenvalue weighted by atomic mass is 10.1. The molecule has 2 rings (SSSR count). The highest BCUT2D eigenvalue weighted by molar-refractivity contribution is 5.63. The molecule has 0 fully saturated rings. The van der Waals surface area contributed by atoms with Gasteiger partial charge in [-0.25, -0.2) is 0 Å². The van der Waals surface area contributed by atoms with Crippen molar-refractivity contribution in [1.29, 1.82) is 0 Å². The molecule has 0 saturated carbocycles. The Morgan fingerprint density at radius 2 is 0.850 bits per heavy atom. The number of aliphatic carboxylic acids is 2. The van der Waals surface area contributed by atoms with E-state index < -0.39 is 11.9 Å². The first-order chi connectivity index (χ1) is 9.43. The highest BCUT2D eigenvalue weighted by Gasteiger charge is 1.91. The molecule has 4 heteroatoms. The van der Waals surface area contributed by atoms with Crippen LogP contribution in [0.15, 0.2) is 60.7 Å². The van der Waals surface area contributed by atoms with Crippen molar-refractivity contribution < 1.29 is 19.8 Å². The Hall–Kier alpha value is -2.62. The number of benzene rings is 2. The topological polar surface area (TPSA) is 74.6 Å². The van der Waals surface area contributed by atoms with Crippen molar-refractivity contribution in [2.24, 2.45) is 0 Å². The van der Waals surface area contributed by atoms with E-state index in [2.05, 4.69) is 48.5 Å². The quantitative estimate of drug-likeness (QED) is 0.834. The largest absolute Gasteiger partial charge is 0.481 e. The summed E-state index contributed by atoms with van der Waals surface area (Å²) in [6.07, 6.45) is 0. The second kappa shape index (κ2) is 10.3. The van der Waals surface area contributed by atoms with E-state index >= 15 is 0 Å². The molecule has 2 aromatic carbocycles. The molecule has 0 aliphatic heterocycles. The summed E-state index contributed by atoms with van der Waals surface area (Å²) >= 11 is 0. The van der Waals surface area contributed by atoms with Gasteiger partial charge in [0.25, 0.3) is 11.9 Å². The van der Waals surface area contributed by atoms with E-state index in [1.54, 1.807) is 0 Å². The molecule has 20 heavy (non-hydrogen) atoms. The van der Waals surface area contributed by atoms with Crippen molar-refractivity contribution in [3.63, 3.8) is 0 Å². The average Bonchev–Trinajstić information content (AvgIpc) is 2.39. The molecule has 0 aromatic heterocycles. The fourth-order valence-electron chi connectivity index (χ4n) is 1.26. The maximum atomic E-state index is 9.00. The van der Waals surface area contributed by atoms with Crippen molar-refractivity contribution in [3.05, 3.63) is 60.7 Å². The van der Waals surface area contributed by atoms with Crippen LogP contribution in [-0.2, 0) is 9.59 Å². The van der Waals surface area contributed by atoms with E-state index in [0.717, 1.165) is 13.8 Å². The van der Waals surface area contributed by atoms with Crippen LogP contribution in [0.2, 0.25) is 0 Å². The molecule has 0 atom stereocenters. The molecule has 4 nitrogen and oxygen atoms in total. The van der Waals surface area contributed by atoms with Gasteiger partial charge in [0.05, 0.1) is 0 Å². The van der Waals surface area contributed by atoms with Gasteiger partial charge in [-0.05, 0) is 11.1 Å². The van der Waals surface area contributed by atoms with E-state index in [1.165, 1.54) is 11.1 Å². The number of hydrogen-bond donors (Lipinski definition) is 2. The van der Waals surface area contributed by atoms with Crippen molar-refractivity contribution in [3.8, 4) is 11.1 Å². The highest BCUT2D eigenvalue weighted by Crippen LogP contribution is 2.17. The zero-order chi connectivity index (χ0) is 15.4. The molecule has 0 amide bonds. The van der Waals surface area contributed by atoms with Crippen LogP contribution in [0.3, 0.4) is 0 Å². The van der Waals surface area contributed by atoms with Crippen LogP contribution in [-0.4, -0.2) is 22.2 Å². The summed E-state index contributed by atoms with van der Waals surface area (Å²) in [4.78, 5) is 18.0. The van der Waals surface area contributed by atoms with Crippen molar-refractivity contribution in [2.45, 2.75) is 13.8 Å². The lowest BCUT2D eigenvalue weighted by Gasteiger charge is -1.98. The molecule has 0 heterocycles. The van der Waals surface area contributed by atoms with Crippen molar-refractivity contribution in [1.82, 2.24) is 0 Å². The standard InChI is InChI=1S/C12H10.2C2H4O2/c1-3-7-11(8-4-1)12-9-5-2-6-10-12;2*1-2(3)4/h1-10H;2*1H3,(H,3,4). The molecule has 0 spiro atoms. The van der Waals surface area contributed by atoms with Gasteiger partial charge in [0.1, 0.15) is 0 Å². The van der Waals surface area contributed by atoms with Gasteiger partial charge in [-0.15, -0.1) is 0 Å². The Kier molecular flexibility index (Phi) is 8.96. The molecule has 106 valence electrons. The molecular weight excluding hydrogens is 256 g/mol. The fourth-order valence-corrected chi connectivity index (χ4v) is 1.26. The summed E-state index contributed by atoms with van der Waals surface area (Å²) in [5.74, 6) is -1.67. The summed E-state index contributed by atoms with van der Waals surface area (Å²) in [6.45, 7) is 2.17. The lowest BCUT2D eigenvalue weighted by molar-refractivity contribution is -0.135. The monoisotopic (exact) mass is 274 g/mol. The number of carboxylic acids is 2. The van der Waals surface area contributed by atoms with E-state index in [9.17, 15) is 0 Å². The van der Waals surface area contributed by atoms with Crippen LogP contribution in [0.4, 0.5) is 0 Å². The van der Waals surface area contributed by atoms with Crippen LogP contribution < -0.4 is 0 Å². The molecule has 0 radical (unpaired) electrons. The summed E-state index contributed by atoms with van der Waals surface area (Å²) in [6, 6.07) is 20.8. The summed E-state index contributed by atoms with van der Waals surface area (Å²) in [5.41, 5.74) is 2.55. The van der Waals surface area contributed by atoms with Crippen LogP contribution in [0, 0.1) is 0 Å². The summed E-state index contributed by atoms with van der Waals surface area (Å²) < 4.78 is 0. The van der Waals surface area contributed by atoms with Crippen molar-refractivity contribution in [2.75, 3.05) is 0 Å². The molecule has 0 unspecified atom stereocenters. The number of carbonyl (C=O) groups is 2. The Balaban J connectivity index is 0.000000380. The van der Waals surface area contributed by atoms with Gasteiger partial charge in [0.2, 0.25) is 0 Å². The maximum absolute atomic E-state index is 9.00. The smallest absolute Gasteiger partial charge is 0.300 e. The molecule has 0 aliphatic rings. The third-order valence-corrected chi connectivity index (χ3v) is 1.88. The van der Waals surface area contributed by atoms with E-state index in [4.69, 9.17) is 19.8 Å². The lowest BCUT2D eigenvalue weighted by Crippen LogP contribution is -1.78. The van der Waals surface area contributed by atoms with Crippen LogP contribution in [0.5, 0.6) is 0 Å². The first-order valence-corrected chi connectivity index (χ1v) is 5.93. The predicted octanol–water partition coefficient (Wildman–Crippen LogP) is 3.54. The maximum Gasteiger partial charge on any atom is 0.300 e. The van der Waals surface area contributed by atoms with Gasteiger partial charge in [0, 0.05) is 13.8 Å². The average molecular weight is 274 g/mol. The Morgan fingerprint density at radius 3 is 1.05 bits per heavy atom. The number of hydrogen-bond acceptors (Lipinski definition) is 2. The second-order valence-electron chi connectivity index (χ2n) is 3.77. The summed E-state index contributed by atoms with van der Waals surface area (Å²) in [5, 5.41) is 14.8. The zero-order valence-electron chi connectivity index (χ0n) is 11.5. The van der Waals surface area contributed by atoms with Gasteiger partial charge in [-0.1, -0.05) is 60.7 Å². The van der Waals surface area contributed by atoms with Gasteiger partial charge < -0.3 is 10.2 Å². The number of rotatable bonds is 1. The van der Waals surface area contributed by atoms with Crippen molar-refractivity contribution >= 4 is 11.9 Å². The van der Waals surface area contributed by atoms with Crippen LogP contribution in [0.25, 0.3) is 11.1 Å². The van der Waals surface area contributed by atoms with E-state index in [1.807, 2.05) is 12.1 Å². The van der Waals surface area contributed by atoms with Crippen LogP contribution >= 0.6 is 0 Å². The Labute approximate surface area is 118 Å². The minimum Gasteiger partial charge on any atom is -0.481 e. The van der Waals surface area contributed by atoms with E-state index in [0.29, 0.717) is 0 Å². The minimum atomic E-state index is -0.833. The summed E-state index contributed by atoms with van der Waals surface area (Å²) in [7, 11) is 0. The Bertz CT molecular complexity index is 449. The molecule has 2 N–H and O–H groups in total. The third-order valence-electron chi connectivity index (χ3n) is 1.88. The molecule has 0 bridgehead atoms. The normalized spacial score (nSPS) is 8.30. The highest BCUT2D eigenvalue weighted by atomic mass is 16.4. The predicted molar refractivity (Wildman–Crippen MR) is 78.5 cm³/mol.